The molecule has 0 amide bonds. The van der Waals surface area contributed by atoms with Gasteiger partial charge in [-0.25, -0.2) is 8.78 Å². The van der Waals surface area contributed by atoms with Gasteiger partial charge in [0.05, 0.1) is 0 Å². The van der Waals surface area contributed by atoms with Crippen molar-refractivity contribution < 1.29 is 8.78 Å². The number of rotatable bonds is 7. The van der Waals surface area contributed by atoms with Gasteiger partial charge in [-0.3, -0.25) is 0 Å². The number of hydrogen-bond donors (Lipinski definition) is 0. The first kappa shape index (κ1) is 24.7. The fraction of sp³-hybridized carbons (Fsp3) is 0.933. The molecule has 0 N–H and O–H groups in total. The molecule has 0 saturated heterocycles. The first-order chi connectivity index (χ1) is 15.6. The first-order valence-electron chi connectivity index (χ1n) is 14.5. The van der Waals surface area contributed by atoms with Gasteiger partial charge in [-0.15, -0.1) is 0 Å². The minimum atomic E-state index is -0.656. The van der Waals surface area contributed by atoms with Crippen LogP contribution in [0.25, 0.3) is 0 Å². The van der Waals surface area contributed by atoms with Crippen LogP contribution in [-0.2, 0) is 0 Å². The summed E-state index contributed by atoms with van der Waals surface area (Å²) in [6.45, 7) is 1.79. The van der Waals surface area contributed by atoms with Crippen LogP contribution in [0.5, 0.6) is 0 Å². The Kier molecular flexibility index (Phi) is 9.54. The zero-order valence-corrected chi connectivity index (χ0v) is 20.9. The van der Waals surface area contributed by atoms with Crippen molar-refractivity contribution in [2.75, 3.05) is 6.67 Å². The van der Waals surface area contributed by atoms with E-state index >= 15 is 0 Å². The van der Waals surface area contributed by atoms with Gasteiger partial charge in [0.2, 0.25) is 0 Å². The van der Waals surface area contributed by atoms with Crippen molar-refractivity contribution in [1.29, 1.82) is 0 Å². The Hall–Kier alpha value is -0.400. The van der Waals surface area contributed by atoms with Gasteiger partial charge in [-0.2, -0.15) is 0 Å². The third-order valence-corrected chi connectivity index (χ3v) is 10.6. The van der Waals surface area contributed by atoms with Crippen LogP contribution < -0.4 is 0 Å². The average Bonchev–Trinajstić information content (AvgIpc) is 2.84. The highest BCUT2D eigenvalue weighted by atomic mass is 19.1. The molecule has 4 aliphatic carbocycles. The first-order valence-corrected chi connectivity index (χ1v) is 14.5. The molecular weight excluding hydrogens is 398 g/mol. The molecule has 0 heterocycles. The molecule has 2 heteroatoms. The molecule has 0 aromatic heterocycles. The van der Waals surface area contributed by atoms with Gasteiger partial charge >= 0.3 is 0 Å². The summed E-state index contributed by atoms with van der Waals surface area (Å²) in [7, 11) is 0. The van der Waals surface area contributed by atoms with E-state index in [9.17, 15) is 8.78 Å². The number of halogens is 2. The molecular formula is C30H50F2. The highest BCUT2D eigenvalue weighted by Gasteiger charge is 2.33. The third kappa shape index (κ3) is 6.82. The Morgan fingerprint density at radius 2 is 0.969 bits per heavy atom. The zero-order chi connectivity index (χ0) is 22.3. The highest BCUT2D eigenvalue weighted by Crippen LogP contribution is 2.45. The van der Waals surface area contributed by atoms with E-state index in [1.54, 1.807) is 0 Å². The standard InChI is InChI=1S/C30H50F2/c1-22-2-10-25(11-3-22)26-12-6-23(7-13-26)4-5-24-8-14-27(15-9-24)28-16-18-29(19-17-28)30(32)20-21-31/h20,22-29H,2-19,21H2,1H3/b30-20-. The number of hydrogen-bond acceptors (Lipinski definition) is 0. The maximum absolute atomic E-state index is 13.9. The van der Waals surface area contributed by atoms with Crippen molar-refractivity contribution in [1.82, 2.24) is 0 Å². The summed E-state index contributed by atoms with van der Waals surface area (Å²) in [5.74, 6) is 6.63. The maximum Gasteiger partial charge on any atom is 0.110 e. The topological polar surface area (TPSA) is 0 Å². The van der Waals surface area contributed by atoms with E-state index in [2.05, 4.69) is 6.92 Å². The number of allylic oxidation sites excluding steroid dienone is 2. The van der Waals surface area contributed by atoms with Crippen molar-refractivity contribution in [2.24, 2.45) is 47.3 Å². The predicted octanol–water partition coefficient (Wildman–Crippen LogP) is 9.83. The lowest BCUT2D eigenvalue weighted by Crippen LogP contribution is -2.27. The van der Waals surface area contributed by atoms with Crippen molar-refractivity contribution in [3.05, 3.63) is 11.9 Å². The van der Waals surface area contributed by atoms with E-state index in [0.717, 1.165) is 73.2 Å². The second kappa shape index (κ2) is 12.3. The predicted molar refractivity (Wildman–Crippen MR) is 132 cm³/mol. The van der Waals surface area contributed by atoms with Gasteiger partial charge in [0.25, 0.3) is 0 Å². The molecule has 0 unspecified atom stereocenters. The molecule has 0 nitrogen and oxygen atoms in total. The third-order valence-electron chi connectivity index (χ3n) is 10.6. The largest absolute Gasteiger partial charge is 0.246 e. The minimum Gasteiger partial charge on any atom is -0.246 e. The summed E-state index contributed by atoms with van der Waals surface area (Å²) in [6.07, 6.45) is 26.1. The van der Waals surface area contributed by atoms with Crippen LogP contribution in [0, 0.1) is 47.3 Å². The molecule has 0 aliphatic heterocycles. The van der Waals surface area contributed by atoms with Crippen LogP contribution >= 0.6 is 0 Å². The Bertz CT molecular complexity index is 551. The average molecular weight is 449 g/mol. The normalized spacial score (nSPS) is 42.0. The van der Waals surface area contributed by atoms with Crippen LogP contribution in [0.1, 0.15) is 122 Å². The molecule has 0 aromatic rings. The fourth-order valence-electron chi connectivity index (χ4n) is 8.23. The summed E-state index contributed by atoms with van der Waals surface area (Å²) in [5, 5.41) is 0. The van der Waals surface area contributed by atoms with Crippen LogP contribution in [-0.4, -0.2) is 6.67 Å². The lowest BCUT2D eigenvalue weighted by molar-refractivity contribution is 0.130. The second-order valence-corrected chi connectivity index (χ2v) is 12.5. The van der Waals surface area contributed by atoms with E-state index < -0.39 is 6.67 Å². The van der Waals surface area contributed by atoms with Gasteiger partial charge in [0.1, 0.15) is 12.5 Å². The SMILES string of the molecule is CC1CCC(C2CCC(CCC3CCC(C4CCC(/C(F)=C/CF)CC4)CC3)CC2)CC1. The monoisotopic (exact) mass is 448 g/mol. The van der Waals surface area contributed by atoms with E-state index in [0.29, 0.717) is 0 Å². The lowest BCUT2D eigenvalue weighted by Gasteiger charge is -2.39. The molecule has 0 atom stereocenters. The van der Waals surface area contributed by atoms with E-state index in [1.165, 1.54) is 89.9 Å². The molecule has 4 saturated carbocycles. The fourth-order valence-corrected chi connectivity index (χ4v) is 8.23. The van der Waals surface area contributed by atoms with Crippen molar-refractivity contribution in [2.45, 2.75) is 122 Å². The molecule has 0 bridgehead atoms. The summed E-state index contributed by atoms with van der Waals surface area (Å²) in [4.78, 5) is 0. The zero-order valence-electron chi connectivity index (χ0n) is 20.9. The molecule has 4 aliphatic rings. The van der Waals surface area contributed by atoms with Crippen LogP contribution in [0.2, 0.25) is 0 Å². The van der Waals surface area contributed by atoms with E-state index in [4.69, 9.17) is 0 Å². The maximum atomic E-state index is 13.9. The van der Waals surface area contributed by atoms with Crippen LogP contribution in [0.3, 0.4) is 0 Å². The van der Waals surface area contributed by atoms with E-state index in [1.807, 2.05) is 0 Å². The molecule has 32 heavy (non-hydrogen) atoms. The van der Waals surface area contributed by atoms with Crippen molar-refractivity contribution >= 4 is 0 Å². The second-order valence-electron chi connectivity index (χ2n) is 12.5. The molecule has 184 valence electrons. The summed E-state index contributed by atoms with van der Waals surface area (Å²) in [6, 6.07) is 0. The minimum absolute atomic E-state index is 0.00936. The molecule has 4 rings (SSSR count). The van der Waals surface area contributed by atoms with Gasteiger partial charge in [-0.05, 0) is 112 Å². The van der Waals surface area contributed by atoms with Crippen LogP contribution in [0.4, 0.5) is 8.78 Å². The van der Waals surface area contributed by atoms with E-state index in [-0.39, 0.29) is 11.7 Å². The smallest absolute Gasteiger partial charge is 0.110 e. The summed E-state index contributed by atoms with van der Waals surface area (Å²) < 4.78 is 26.3. The summed E-state index contributed by atoms with van der Waals surface area (Å²) >= 11 is 0. The quantitative estimate of drug-likeness (QED) is 0.363. The Morgan fingerprint density at radius 1 is 0.594 bits per heavy atom. The van der Waals surface area contributed by atoms with Gasteiger partial charge in [-0.1, -0.05) is 58.3 Å². The van der Waals surface area contributed by atoms with Gasteiger partial charge < -0.3 is 0 Å². The Balaban J connectivity index is 1.09. The molecule has 0 spiro atoms. The van der Waals surface area contributed by atoms with Crippen LogP contribution in [0.15, 0.2) is 11.9 Å². The molecule has 4 fully saturated rings. The van der Waals surface area contributed by atoms with Crippen molar-refractivity contribution in [3.63, 3.8) is 0 Å². The van der Waals surface area contributed by atoms with Gasteiger partial charge in [0, 0.05) is 5.92 Å². The Labute approximate surface area is 197 Å². The Morgan fingerprint density at radius 3 is 1.38 bits per heavy atom. The number of alkyl halides is 1. The highest BCUT2D eigenvalue weighted by molar-refractivity contribution is 5.00. The molecule has 0 radical (unpaired) electrons. The van der Waals surface area contributed by atoms with Crippen molar-refractivity contribution in [3.8, 4) is 0 Å². The molecule has 0 aromatic carbocycles. The summed E-state index contributed by atoms with van der Waals surface area (Å²) in [5.41, 5.74) is 0. The van der Waals surface area contributed by atoms with Gasteiger partial charge in [0.15, 0.2) is 0 Å². The lowest BCUT2D eigenvalue weighted by atomic mass is 9.67.